The Morgan fingerprint density at radius 3 is 2.93 bits per heavy atom. The van der Waals surface area contributed by atoms with Crippen molar-refractivity contribution in [2.24, 2.45) is 0 Å². The van der Waals surface area contributed by atoms with Crippen LogP contribution in [-0.4, -0.2) is 15.8 Å². The highest BCUT2D eigenvalue weighted by Crippen LogP contribution is 2.21. The fourth-order valence-electron chi connectivity index (χ4n) is 1.23. The molecule has 0 amide bonds. The molecule has 15 heavy (non-hydrogen) atoms. The zero-order valence-corrected chi connectivity index (χ0v) is 7.77. The van der Waals surface area contributed by atoms with Crippen molar-refractivity contribution in [2.45, 2.75) is 0 Å². The maximum Gasteiger partial charge on any atom is 0.181 e. The van der Waals surface area contributed by atoms with Crippen LogP contribution in [0.5, 0.6) is 5.75 Å². The fraction of sp³-hybridized carbons (Fsp3) is 0. The highest BCUT2D eigenvalue weighted by Gasteiger charge is 2.11. The summed E-state index contributed by atoms with van der Waals surface area (Å²) in [5, 5.41) is 17.1. The molecular weight excluding hydrogens is 194 g/mol. The van der Waals surface area contributed by atoms with Crippen LogP contribution in [0.15, 0.2) is 35.2 Å². The smallest absolute Gasteiger partial charge is 0.181 e. The third kappa shape index (κ3) is 1.67. The van der Waals surface area contributed by atoms with E-state index in [0.717, 1.165) is 0 Å². The van der Waals surface area contributed by atoms with Gasteiger partial charge >= 0.3 is 0 Å². The maximum atomic E-state index is 9.29. The Labute approximate surface area is 85.7 Å². The second-order valence-corrected chi connectivity index (χ2v) is 3.01. The minimum atomic E-state index is 0.0588. The lowest BCUT2D eigenvalue weighted by atomic mass is 10.1. The first-order valence-electron chi connectivity index (χ1n) is 4.25. The topological polar surface area (TPSA) is 96.1 Å². The number of nitrogens with two attached hydrogens (primary N) is 1. The second-order valence-electron chi connectivity index (χ2n) is 3.01. The van der Waals surface area contributed by atoms with Gasteiger partial charge in [-0.25, -0.2) is 4.98 Å². The number of rotatable bonds is 2. The summed E-state index contributed by atoms with van der Waals surface area (Å²) >= 11 is 0. The van der Waals surface area contributed by atoms with Gasteiger partial charge in [-0.2, -0.15) is 0 Å². The number of nitrogens with zero attached hydrogens (tertiary/aromatic N) is 1. The number of nitrogens with one attached hydrogen (secondary N) is 1. The largest absolute Gasteiger partial charge is 0.508 e. The number of nitrogen functional groups attached to an aromatic ring is 1. The van der Waals surface area contributed by atoms with Gasteiger partial charge in [-0.3, -0.25) is 5.41 Å². The molecule has 1 aromatic carbocycles. The molecule has 0 saturated carbocycles. The van der Waals surface area contributed by atoms with Gasteiger partial charge in [-0.15, -0.1) is 0 Å². The van der Waals surface area contributed by atoms with Crippen LogP contribution in [-0.2, 0) is 0 Å². The Morgan fingerprint density at radius 2 is 2.27 bits per heavy atom. The summed E-state index contributed by atoms with van der Waals surface area (Å²) in [4.78, 5) is 3.71. The van der Waals surface area contributed by atoms with Crippen LogP contribution < -0.4 is 5.73 Å². The summed E-state index contributed by atoms with van der Waals surface area (Å²) in [6, 6.07) is 4.42. The van der Waals surface area contributed by atoms with Crippen LogP contribution in [0.3, 0.4) is 0 Å². The molecule has 0 atom stereocenters. The summed E-state index contributed by atoms with van der Waals surface area (Å²) in [5.41, 5.74) is 6.61. The van der Waals surface area contributed by atoms with E-state index in [9.17, 15) is 5.11 Å². The number of hydrogen-bond donors (Lipinski definition) is 3. The van der Waals surface area contributed by atoms with E-state index < -0.39 is 0 Å². The van der Waals surface area contributed by atoms with E-state index in [2.05, 4.69) is 4.98 Å². The summed E-state index contributed by atoms with van der Waals surface area (Å²) < 4.78 is 4.97. The highest BCUT2D eigenvalue weighted by atomic mass is 16.3. The SMILES string of the molecule is N=C(c1cnco1)c1cc(O)ccc1N. The molecule has 2 aromatic rings. The van der Waals surface area contributed by atoms with Crippen molar-refractivity contribution in [3.8, 4) is 5.75 Å². The monoisotopic (exact) mass is 203 g/mol. The molecule has 0 bridgehead atoms. The minimum absolute atomic E-state index is 0.0588. The Kier molecular flexibility index (Phi) is 2.13. The van der Waals surface area contributed by atoms with Gasteiger partial charge in [0.15, 0.2) is 12.2 Å². The first-order chi connectivity index (χ1) is 7.18. The fourth-order valence-corrected chi connectivity index (χ4v) is 1.23. The van der Waals surface area contributed by atoms with Crippen molar-refractivity contribution >= 4 is 11.4 Å². The molecule has 1 aromatic heterocycles. The van der Waals surface area contributed by atoms with Crippen LogP contribution in [0, 0.1) is 5.41 Å². The van der Waals surface area contributed by atoms with Crippen molar-refractivity contribution in [1.82, 2.24) is 4.98 Å². The van der Waals surface area contributed by atoms with Gasteiger partial charge in [0.1, 0.15) is 11.5 Å². The lowest BCUT2D eigenvalue weighted by molar-refractivity contribution is 0.475. The molecule has 4 N–H and O–H groups in total. The van der Waals surface area contributed by atoms with Crippen molar-refractivity contribution in [3.63, 3.8) is 0 Å². The molecule has 0 fully saturated rings. The van der Waals surface area contributed by atoms with E-state index in [4.69, 9.17) is 15.6 Å². The van der Waals surface area contributed by atoms with E-state index in [-0.39, 0.29) is 11.5 Å². The zero-order chi connectivity index (χ0) is 10.8. The van der Waals surface area contributed by atoms with Gasteiger partial charge in [0.05, 0.1) is 6.20 Å². The lowest BCUT2D eigenvalue weighted by Gasteiger charge is -2.05. The van der Waals surface area contributed by atoms with E-state index in [1.807, 2.05) is 0 Å². The number of hydrogen-bond acceptors (Lipinski definition) is 5. The van der Waals surface area contributed by atoms with Crippen molar-refractivity contribution < 1.29 is 9.52 Å². The molecule has 0 saturated heterocycles. The number of phenols is 1. The predicted octanol–water partition coefficient (Wildman–Crippen LogP) is 1.38. The minimum Gasteiger partial charge on any atom is -0.508 e. The summed E-state index contributed by atoms with van der Waals surface area (Å²) in [6.07, 6.45) is 2.66. The van der Waals surface area contributed by atoms with E-state index in [0.29, 0.717) is 17.0 Å². The number of benzene rings is 1. The number of oxazole rings is 1. The van der Waals surface area contributed by atoms with E-state index in [1.54, 1.807) is 0 Å². The predicted molar refractivity (Wildman–Crippen MR) is 55.0 cm³/mol. The zero-order valence-electron chi connectivity index (χ0n) is 7.77. The molecule has 0 spiro atoms. The molecule has 76 valence electrons. The Morgan fingerprint density at radius 1 is 1.47 bits per heavy atom. The molecule has 0 unspecified atom stereocenters. The Hall–Kier alpha value is -2.30. The van der Waals surface area contributed by atoms with Gasteiger partial charge in [-0.05, 0) is 18.2 Å². The Bertz CT molecular complexity index is 491. The van der Waals surface area contributed by atoms with Gasteiger partial charge in [0, 0.05) is 11.3 Å². The van der Waals surface area contributed by atoms with E-state index >= 15 is 0 Å². The molecular formula is C10H9N3O2. The molecule has 0 radical (unpaired) electrons. The molecule has 0 aliphatic heterocycles. The second kappa shape index (κ2) is 3.45. The first kappa shape index (κ1) is 9.26. The average Bonchev–Trinajstić information content (AvgIpc) is 2.74. The first-order valence-corrected chi connectivity index (χ1v) is 4.25. The number of phenolic OH excluding ortho intramolecular Hbond substituents is 1. The third-order valence-electron chi connectivity index (χ3n) is 1.98. The van der Waals surface area contributed by atoms with Crippen molar-refractivity contribution in [2.75, 3.05) is 5.73 Å². The normalized spacial score (nSPS) is 10.1. The third-order valence-corrected chi connectivity index (χ3v) is 1.98. The number of aromatic nitrogens is 1. The van der Waals surface area contributed by atoms with Crippen LogP contribution in [0.1, 0.15) is 11.3 Å². The van der Waals surface area contributed by atoms with Crippen LogP contribution in [0.2, 0.25) is 0 Å². The quantitative estimate of drug-likeness (QED) is 0.390. The van der Waals surface area contributed by atoms with Gasteiger partial charge in [0.25, 0.3) is 0 Å². The molecule has 1 heterocycles. The lowest BCUT2D eigenvalue weighted by Crippen LogP contribution is -2.04. The highest BCUT2D eigenvalue weighted by molar-refractivity contribution is 6.12. The van der Waals surface area contributed by atoms with E-state index in [1.165, 1.54) is 30.8 Å². The van der Waals surface area contributed by atoms with Gasteiger partial charge in [-0.1, -0.05) is 0 Å². The maximum absolute atomic E-state index is 9.29. The Balaban J connectivity index is 2.46. The van der Waals surface area contributed by atoms with Crippen LogP contribution in [0.4, 0.5) is 5.69 Å². The number of aromatic hydroxyl groups is 1. The molecule has 5 heteroatoms. The average molecular weight is 203 g/mol. The summed E-state index contributed by atoms with van der Waals surface area (Å²) in [7, 11) is 0. The van der Waals surface area contributed by atoms with Crippen molar-refractivity contribution in [3.05, 3.63) is 42.1 Å². The standard InChI is InChI=1S/C10H9N3O2/c11-8-2-1-6(14)3-7(8)10(12)9-4-13-5-15-9/h1-5,12,14H,11H2. The van der Waals surface area contributed by atoms with Gasteiger partial charge < -0.3 is 15.3 Å². The van der Waals surface area contributed by atoms with Gasteiger partial charge in [0.2, 0.25) is 0 Å². The van der Waals surface area contributed by atoms with Crippen molar-refractivity contribution in [1.29, 1.82) is 5.41 Å². The van der Waals surface area contributed by atoms with Crippen LogP contribution >= 0.6 is 0 Å². The number of anilines is 1. The molecule has 5 nitrogen and oxygen atoms in total. The van der Waals surface area contributed by atoms with Crippen LogP contribution in [0.25, 0.3) is 0 Å². The molecule has 2 rings (SSSR count). The summed E-state index contributed by atoms with van der Waals surface area (Å²) in [6.45, 7) is 0. The molecule has 0 aliphatic rings. The summed E-state index contributed by atoms with van der Waals surface area (Å²) in [5.74, 6) is 0.371. The molecule has 0 aliphatic carbocycles.